The van der Waals surface area contributed by atoms with Crippen LogP contribution in [0.25, 0.3) is 88.4 Å². The highest BCUT2D eigenvalue weighted by Crippen LogP contribution is 2.63. The smallest absolute Gasteiger partial charge is 0.137 e. The van der Waals surface area contributed by atoms with Gasteiger partial charge in [0.15, 0.2) is 0 Å². The van der Waals surface area contributed by atoms with Crippen LogP contribution in [0.4, 0.5) is 17.1 Å². The van der Waals surface area contributed by atoms with Crippen molar-refractivity contribution in [3.63, 3.8) is 0 Å². The molecule has 14 rings (SSSR count). The number of anilines is 3. The molecule has 2 aromatic heterocycles. The Morgan fingerprint density at radius 2 is 0.734 bits per heavy atom. The van der Waals surface area contributed by atoms with Gasteiger partial charge < -0.3 is 13.7 Å². The third kappa shape index (κ3) is 4.86. The zero-order valence-electron chi connectivity index (χ0n) is 34.6. The Balaban J connectivity index is 1.08. The highest BCUT2D eigenvalue weighted by molar-refractivity contribution is 6.10. The molecule has 10 aromatic carbocycles. The molecule has 64 heavy (non-hydrogen) atoms. The van der Waals surface area contributed by atoms with Crippen molar-refractivity contribution in [2.45, 2.75) is 5.41 Å². The monoisotopic (exact) mass is 815 g/mol. The van der Waals surface area contributed by atoms with Crippen LogP contribution in [0.5, 0.6) is 0 Å². The molecule has 0 fully saturated rings. The van der Waals surface area contributed by atoms with E-state index in [1.807, 2.05) is 12.1 Å². The Morgan fingerprint density at radius 1 is 0.266 bits per heavy atom. The van der Waals surface area contributed by atoms with Crippen LogP contribution in [0.3, 0.4) is 0 Å². The van der Waals surface area contributed by atoms with Gasteiger partial charge in [0.2, 0.25) is 0 Å². The molecule has 12 aromatic rings. The fourth-order valence-corrected chi connectivity index (χ4v) is 11.2. The molecule has 298 valence electrons. The van der Waals surface area contributed by atoms with Gasteiger partial charge in [-0.15, -0.1) is 0 Å². The average Bonchev–Trinajstić information content (AvgIpc) is 3.99. The van der Waals surface area contributed by atoms with Crippen molar-refractivity contribution in [2.24, 2.45) is 0 Å². The summed E-state index contributed by atoms with van der Waals surface area (Å²) in [6, 6.07) is 81.8. The molecule has 1 unspecified atom stereocenters. The number of hydrogen-bond acceptors (Lipinski definition) is 3. The van der Waals surface area contributed by atoms with Gasteiger partial charge in [0.25, 0.3) is 0 Å². The van der Waals surface area contributed by atoms with Crippen LogP contribution in [-0.2, 0) is 5.41 Å². The van der Waals surface area contributed by atoms with Crippen molar-refractivity contribution >= 4 is 60.9 Å². The van der Waals surface area contributed by atoms with Crippen LogP contribution in [0.15, 0.2) is 233 Å². The normalized spacial score (nSPS) is 14.6. The minimum Gasteiger partial charge on any atom is -0.456 e. The van der Waals surface area contributed by atoms with Gasteiger partial charge in [0, 0.05) is 44.7 Å². The van der Waals surface area contributed by atoms with Gasteiger partial charge in [-0.25, -0.2) is 0 Å². The van der Waals surface area contributed by atoms with Gasteiger partial charge in [-0.2, -0.15) is 0 Å². The number of para-hydroxylation sites is 2. The lowest BCUT2D eigenvalue weighted by Crippen LogP contribution is -2.29. The van der Waals surface area contributed by atoms with Crippen LogP contribution < -0.4 is 4.90 Å². The summed E-state index contributed by atoms with van der Waals surface area (Å²) in [4.78, 5) is 2.39. The van der Waals surface area contributed by atoms with Crippen molar-refractivity contribution in [2.75, 3.05) is 4.90 Å². The Kier molecular flexibility index (Phi) is 7.32. The van der Waals surface area contributed by atoms with E-state index in [-0.39, 0.29) is 0 Å². The van der Waals surface area contributed by atoms with Gasteiger partial charge in [0.05, 0.1) is 5.41 Å². The molecule has 2 aliphatic carbocycles. The molecule has 2 aliphatic rings. The summed E-state index contributed by atoms with van der Waals surface area (Å²) in [5.74, 6) is 0. The second-order valence-corrected chi connectivity index (χ2v) is 17.1. The summed E-state index contributed by atoms with van der Waals surface area (Å²) in [5.41, 5.74) is 20.6. The first-order valence-corrected chi connectivity index (χ1v) is 22.0. The van der Waals surface area contributed by atoms with E-state index < -0.39 is 5.41 Å². The van der Waals surface area contributed by atoms with Gasteiger partial charge in [0.1, 0.15) is 22.3 Å². The predicted octanol–water partition coefficient (Wildman–Crippen LogP) is 16.6. The number of nitrogens with zero attached hydrogens (tertiary/aromatic N) is 1. The molecule has 0 saturated carbocycles. The molecular formula is C61H37NO2. The van der Waals surface area contributed by atoms with Crippen LogP contribution in [0.1, 0.15) is 22.3 Å². The van der Waals surface area contributed by atoms with Crippen LogP contribution in [0, 0.1) is 0 Å². The summed E-state index contributed by atoms with van der Waals surface area (Å²) < 4.78 is 13.3. The van der Waals surface area contributed by atoms with Crippen LogP contribution in [0.2, 0.25) is 0 Å². The number of benzene rings is 10. The molecule has 3 nitrogen and oxygen atoms in total. The van der Waals surface area contributed by atoms with Crippen molar-refractivity contribution in [3.8, 4) is 44.5 Å². The maximum absolute atomic E-state index is 6.74. The third-order valence-corrected chi connectivity index (χ3v) is 13.9. The van der Waals surface area contributed by atoms with Crippen LogP contribution >= 0.6 is 0 Å². The van der Waals surface area contributed by atoms with Gasteiger partial charge in [-0.05, 0) is 127 Å². The van der Waals surface area contributed by atoms with E-state index in [4.69, 9.17) is 8.83 Å². The zero-order valence-corrected chi connectivity index (χ0v) is 34.6. The topological polar surface area (TPSA) is 29.5 Å². The maximum Gasteiger partial charge on any atom is 0.137 e. The summed E-state index contributed by atoms with van der Waals surface area (Å²) in [6.07, 6.45) is 0. The Morgan fingerprint density at radius 3 is 1.44 bits per heavy atom. The highest BCUT2D eigenvalue weighted by Gasteiger charge is 2.50. The minimum absolute atomic E-state index is 0.703. The molecule has 0 radical (unpaired) electrons. The molecule has 2 heterocycles. The standard InChI is InChI=1S/C61H37NO2/c1-2-14-38(15-3-1)39-26-28-40(29-27-39)62(42-31-33-50-48-20-8-12-24-57(48)63-59(50)35-42)41-30-32-47-44-17-5-4-16-43(44)45-18-6-10-22-53(45)61(55(47)34-41)54-23-11-7-19-46(54)51-36-52-49-21-9-13-25-58(49)64-60(52)37-56(51)61/h1-37H. The van der Waals surface area contributed by atoms with Crippen molar-refractivity contribution in [1.29, 1.82) is 0 Å². The first-order valence-electron chi connectivity index (χ1n) is 22.0. The highest BCUT2D eigenvalue weighted by atomic mass is 16.3. The quantitative estimate of drug-likeness (QED) is 0.177. The summed E-state index contributed by atoms with van der Waals surface area (Å²) >= 11 is 0. The van der Waals surface area contributed by atoms with E-state index in [0.29, 0.717) is 0 Å². The summed E-state index contributed by atoms with van der Waals surface area (Å²) in [7, 11) is 0. The molecule has 1 atom stereocenters. The first kappa shape index (κ1) is 35.2. The maximum atomic E-state index is 6.74. The molecule has 0 bridgehead atoms. The predicted molar refractivity (Wildman–Crippen MR) is 263 cm³/mol. The van der Waals surface area contributed by atoms with Gasteiger partial charge in [-0.1, -0.05) is 158 Å². The number of rotatable bonds is 4. The number of fused-ring (bicyclic) bond motifs is 18. The van der Waals surface area contributed by atoms with E-state index in [1.165, 1.54) is 66.8 Å². The molecule has 0 amide bonds. The lowest BCUT2D eigenvalue weighted by molar-refractivity contribution is 0.666. The van der Waals surface area contributed by atoms with Crippen molar-refractivity contribution < 1.29 is 8.83 Å². The largest absolute Gasteiger partial charge is 0.456 e. The van der Waals surface area contributed by atoms with Gasteiger partial charge >= 0.3 is 0 Å². The molecule has 3 heteroatoms. The first-order chi connectivity index (χ1) is 31.7. The third-order valence-electron chi connectivity index (χ3n) is 13.9. The molecule has 0 aliphatic heterocycles. The Labute approximate surface area is 369 Å². The second kappa shape index (κ2) is 13.3. The summed E-state index contributed by atoms with van der Waals surface area (Å²) in [5, 5.41) is 4.48. The van der Waals surface area contributed by atoms with Crippen LogP contribution in [-0.4, -0.2) is 0 Å². The molecule has 0 saturated heterocycles. The molecular weight excluding hydrogens is 779 g/mol. The lowest BCUT2D eigenvalue weighted by Gasteiger charge is -2.36. The number of hydrogen-bond donors (Lipinski definition) is 0. The Bertz CT molecular complexity index is 3860. The van der Waals surface area contributed by atoms with E-state index in [1.54, 1.807) is 0 Å². The average molecular weight is 816 g/mol. The van der Waals surface area contributed by atoms with Crippen molar-refractivity contribution in [1.82, 2.24) is 0 Å². The fourth-order valence-electron chi connectivity index (χ4n) is 11.2. The zero-order chi connectivity index (χ0) is 41.9. The molecule has 0 N–H and O–H groups in total. The van der Waals surface area contributed by atoms with E-state index in [2.05, 4.69) is 217 Å². The minimum atomic E-state index is -0.703. The molecule has 1 spiro atoms. The van der Waals surface area contributed by atoms with E-state index >= 15 is 0 Å². The Hall–Kier alpha value is -8.40. The van der Waals surface area contributed by atoms with E-state index in [0.717, 1.165) is 60.9 Å². The van der Waals surface area contributed by atoms with Gasteiger partial charge in [-0.3, -0.25) is 0 Å². The fraction of sp³-hybridized carbons (Fsp3) is 0.0164. The SMILES string of the molecule is c1ccc(-c2ccc(N(c3ccc4c(c3)C3(c5ccccc5-c5ccccc5-4)c4ccccc4-c4cc5c(cc43)oc3ccccc35)c3ccc4c(c3)oc3ccccc34)cc2)cc1. The summed E-state index contributed by atoms with van der Waals surface area (Å²) in [6.45, 7) is 0. The second-order valence-electron chi connectivity index (χ2n) is 17.1. The number of furan rings is 2. The van der Waals surface area contributed by atoms with E-state index in [9.17, 15) is 0 Å². The lowest BCUT2D eigenvalue weighted by atomic mass is 9.65. The van der Waals surface area contributed by atoms with Crippen molar-refractivity contribution in [3.05, 3.63) is 247 Å².